The van der Waals surface area contributed by atoms with Crippen molar-refractivity contribution < 1.29 is 5.11 Å². The van der Waals surface area contributed by atoms with Crippen LogP contribution in [0.1, 0.15) is 12.8 Å². The van der Waals surface area contributed by atoms with Gasteiger partial charge >= 0.3 is 0 Å². The molecule has 1 rings (SSSR count). The average Bonchev–Trinajstić information content (AvgIpc) is 2.02. The SMILES string of the molecule is OCCCC1=C/C=C\C=C/C=C1. The molecule has 0 aromatic heterocycles. The van der Waals surface area contributed by atoms with Gasteiger partial charge in [-0.1, -0.05) is 42.5 Å². The van der Waals surface area contributed by atoms with Crippen LogP contribution < -0.4 is 0 Å². The maximum atomic E-state index is 8.64. The van der Waals surface area contributed by atoms with Crippen molar-refractivity contribution in [2.45, 2.75) is 12.8 Å². The van der Waals surface area contributed by atoms with Crippen molar-refractivity contribution in [3.63, 3.8) is 0 Å². The van der Waals surface area contributed by atoms with Crippen molar-refractivity contribution >= 4 is 0 Å². The molecule has 1 nitrogen and oxygen atoms in total. The molecular formula is C11H14O. The quantitative estimate of drug-likeness (QED) is 0.675. The average molecular weight is 162 g/mol. The first-order valence-electron chi connectivity index (χ1n) is 4.25. The number of rotatable bonds is 3. The molecule has 0 heterocycles. The number of allylic oxidation sites excluding steroid dienone is 8. The van der Waals surface area contributed by atoms with Crippen LogP contribution in [-0.2, 0) is 0 Å². The molecule has 64 valence electrons. The molecule has 1 aliphatic rings. The van der Waals surface area contributed by atoms with Gasteiger partial charge in [0.25, 0.3) is 0 Å². The highest BCUT2D eigenvalue weighted by molar-refractivity contribution is 5.30. The van der Waals surface area contributed by atoms with Gasteiger partial charge in [-0.05, 0) is 18.4 Å². The maximum absolute atomic E-state index is 8.64. The van der Waals surface area contributed by atoms with Crippen molar-refractivity contribution in [3.05, 3.63) is 48.1 Å². The molecule has 0 aliphatic heterocycles. The summed E-state index contributed by atoms with van der Waals surface area (Å²) in [5.41, 5.74) is 1.27. The summed E-state index contributed by atoms with van der Waals surface area (Å²) >= 11 is 0. The molecular weight excluding hydrogens is 148 g/mol. The first-order chi connectivity index (χ1) is 5.93. The normalized spacial score (nSPS) is 20.9. The largest absolute Gasteiger partial charge is 0.396 e. The minimum absolute atomic E-state index is 0.269. The molecule has 0 atom stereocenters. The van der Waals surface area contributed by atoms with Crippen LogP contribution in [0, 0.1) is 0 Å². The zero-order chi connectivity index (χ0) is 8.65. The molecule has 1 N–H and O–H groups in total. The van der Waals surface area contributed by atoms with Gasteiger partial charge in [-0.25, -0.2) is 0 Å². The van der Waals surface area contributed by atoms with Crippen LogP contribution in [0.4, 0.5) is 0 Å². The van der Waals surface area contributed by atoms with Crippen LogP contribution in [0.25, 0.3) is 0 Å². The maximum Gasteiger partial charge on any atom is 0.0434 e. The first kappa shape index (κ1) is 9.01. The van der Waals surface area contributed by atoms with E-state index >= 15 is 0 Å². The molecule has 1 aliphatic carbocycles. The fourth-order valence-corrected chi connectivity index (χ4v) is 1.06. The number of hydrogen-bond donors (Lipinski definition) is 1. The molecule has 0 fully saturated rings. The third-order valence-corrected chi connectivity index (χ3v) is 1.69. The minimum Gasteiger partial charge on any atom is -0.396 e. The van der Waals surface area contributed by atoms with E-state index in [4.69, 9.17) is 5.11 Å². The minimum atomic E-state index is 0.269. The Labute approximate surface area is 73.4 Å². The Morgan fingerprint density at radius 1 is 1.00 bits per heavy atom. The predicted octanol–water partition coefficient (Wildman–Crippen LogP) is 2.37. The summed E-state index contributed by atoms with van der Waals surface area (Å²) in [6.07, 6.45) is 16.0. The van der Waals surface area contributed by atoms with Crippen LogP contribution in [0.2, 0.25) is 0 Å². The molecule has 0 bridgehead atoms. The second kappa shape index (κ2) is 5.56. The van der Waals surface area contributed by atoms with Crippen molar-refractivity contribution in [2.24, 2.45) is 0 Å². The van der Waals surface area contributed by atoms with E-state index in [0.29, 0.717) is 0 Å². The van der Waals surface area contributed by atoms with Gasteiger partial charge in [-0.2, -0.15) is 0 Å². The van der Waals surface area contributed by atoms with Gasteiger partial charge in [0.1, 0.15) is 0 Å². The summed E-state index contributed by atoms with van der Waals surface area (Å²) < 4.78 is 0. The molecule has 0 unspecified atom stereocenters. The Kier molecular flexibility index (Phi) is 4.17. The lowest BCUT2D eigenvalue weighted by Gasteiger charge is -1.99. The van der Waals surface area contributed by atoms with Gasteiger partial charge in [0, 0.05) is 6.61 Å². The van der Waals surface area contributed by atoms with Gasteiger partial charge in [0.2, 0.25) is 0 Å². The molecule has 0 saturated carbocycles. The van der Waals surface area contributed by atoms with Crippen LogP contribution in [0.3, 0.4) is 0 Å². The molecule has 0 aromatic carbocycles. The summed E-state index contributed by atoms with van der Waals surface area (Å²) in [6, 6.07) is 0. The summed E-state index contributed by atoms with van der Waals surface area (Å²) in [7, 11) is 0. The van der Waals surface area contributed by atoms with Crippen molar-refractivity contribution in [1.29, 1.82) is 0 Å². The highest BCUT2D eigenvalue weighted by atomic mass is 16.2. The Bertz CT molecular complexity index is 231. The lowest BCUT2D eigenvalue weighted by atomic mass is 10.1. The third-order valence-electron chi connectivity index (χ3n) is 1.69. The van der Waals surface area contributed by atoms with Crippen molar-refractivity contribution in [2.75, 3.05) is 6.61 Å². The summed E-state index contributed by atoms with van der Waals surface area (Å²) in [5, 5.41) is 8.64. The summed E-state index contributed by atoms with van der Waals surface area (Å²) in [6.45, 7) is 0.269. The standard InChI is InChI=1S/C11H14O/c12-10-6-9-11-7-4-2-1-3-5-8-11/h1-5,7-8,12H,6,9-10H2/b2-1-,3-1?,4-2?,5-3-,7-4?,8-5?,11-7?,11-8?. The van der Waals surface area contributed by atoms with Crippen LogP contribution in [-0.4, -0.2) is 11.7 Å². The zero-order valence-corrected chi connectivity index (χ0v) is 7.11. The Hall–Kier alpha value is -1.08. The van der Waals surface area contributed by atoms with Gasteiger partial charge in [0.15, 0.2) is 0 Å². The lowest BCUT2D eigenvalue weighted by Crippen LogP contribution is -1.85. The Morgan fingerprint density at radius 2 is 1.75 bits per heavy atom. The van der Waals surface area contributed by atoms with Crippen molar-refractivity contribution in [3.8, 4) is 0 Å². The fraction of sp³-hybridized carbons (Fsp3) is 0.273. The first-order valence-corrected chi connectivity index (χ1v) is 4.25. The molecule has 0 amide bonds. The Balaban J connectivity index is 2.50. The zero-order valence-electron chi connectivity index (χ0n) is 7.11. The van der Waals surface area contributed by atoms with Gasteiger partial charge in [-0.15, -0.1) is 0 Å². The van der Waals surface area contributed by atoms with E-state index in [1.54, 1.807) is 0 Å². The predicted molar refractivity (Wildman–Crippen MR) is 51.8 cm³/mol. The highest BCUT2D eigenvalue weighted by Gasteiger charge is 1.90. The smallest absolute Gasteiger partial charge is 0.0434 e. The molecule has 0 saturated heterocycles. The monoisotopic (exact) mass is 162 g/mol. The highest BCUT2D eigenvalue weighted by Crippen LogP contribution is 2.08. The van der Waals surface area contributed by atoms with E-state index < -0.39 is 0 Å². The second-order valence-corrected chi connectivity index (χ2v) is 2.70. The van der Waals surface area contributed by atoms with E-state index in [1.807, 2.05) is 30.4 Å². The number of aliphatic hydroxyl groups is 1. The van der Waals surface area contributed by atoms with E-state index in [9.17, 15) is 0 Å². The number of aliphatic hydroxyl groups excluding tert-OH is 1. The lowest BCUT2D eigenvalue weighted by molar-refractivity contribution is 0.289. The van der Waals surface area contributed by atoms with Gasteiger partial charge in [0.05, 0.1) is 0 Å². The van der Waals surface area contributed by atoms with Gasteiger partial charge in [-0.3, -0.25) is 0 Å². The second-order valence-electron chi connectivity index (χ2n) is 2.70. The van der Waals surface area contributed by atoms with Gasteiger partial charge < -0.3 is 5.11 Å². The van der Waals surface area contributed by atoms with Crippen molar-refractivity contribution in [1.82, 2.24) is 0 Å². The van der Waals surface area contributed by atoms with E-state index in [0.717, 1.165) is 12.8 Å². The third kappa shape index (κ3) is 3.35. The fourth-order valence-electron chi connectivity index (χ4n) is 1.06. The van der Waals surface area contributed by atoms with Crippen LogP contribution in [0.5, 0.6) is 0 Å². The molecule has 0 aromatic rings. The van der Waals surface area contributed by atoms with E-state index in [1.165, 1.54) is 5.57 Å². The number of hydrogen-bond acceptors (Lipinski definition) is 1. The van der Waals surface area contributed by atoms with E-state index in [-0.39, 0.29) is 6.61 Å². The summed E-state index contributed by atoms with van der Waals surface area (Å²) in [4.78, 5) is 0. The Morgan fingerprint density at radius 3 is 2.58 bits per heavy atom. The molecule has 0 spiro atoms. The van der Waals surface area contributed by atoms with E-state index in [2.05, 4.69) is 12.2 Å². The molecule has 1 heteroatoms. The van der Waals surface area contributed by atoms with Crippen LogP contribution in [0.15, 0.2) is 48.1 Å². The topological polar surface area (TPSA) is 20.2 Å². The van der Waals surface area contributed by atoms with Crippen LogP contribution >= 0.6 is 0 Å². The molecule has 0 radical (unpaired) electrons. The molecule has 12 heavy (non-hydrogen) atoms. The summed E-state index contributed by atoms with van der Waals surface area (Å²) in [5.74, 6) is 0.